The molecule has 17 heavy (non-hydrogen) atoms. The van der Waals surface area contributed by atoms with Crippen molar-refractivity contribution >= 4 is 0 Å². The highest BCUT2D eigenvalue weighted by atomic mass is 15.2. The van der Waals surface area contributed by atoms with E-state index < -0.39 is 0 Å². The summed E-state index contributed by atoms with van der Waals surface area (Å²) in [6.45, 7) is 3.90. The van der Waals surface area contributed by atoms with Gasteiger partial charge in [-0.05, 0) is 70.6 Å². The van der Waals surface area contributed by atoms with Crippen molar-refractivity contribution in [2.75, 3.05) is 33.7 Å². The molecule has 1 saturated carbocycles. The highest BCUT2D eigenvalue weighted by Gasteiger charge is 2.36. The molecule has 3 aliphatic rings. The quantitative estimate of drug-likeness (QED) is 0.691. The molecule has 2 aliphatic carbocycles. The lowest BCUT2D eigenvalue weighted by molar-refractivity contribution is 0.124. The first-order valence-electron chi connectivity index (χ1n) is 7.29. The molecule has 0 radical (unpaired) electrons. The summed E-state index contributed by atoms with van der Waals surface area (Å²) >= 11 is 0. The van der Waals surface area contributed by atoms with Crippen molar-refractivity contribution in [1.82, 2.24) is 9.80 Å². The highest BCUT2D eigenvalue weighted by Crippen LogP contribution is 2.43. The summed E-state index contributed by atoms with van der Waals surface area (Å²) in [6, 6.07) is 0.842. The van der Waals surface area contributed by atoms with Crippen LogP contribution in [0, 0.1) is 17.8 Å². The van der Waals surface area contributed by atoms with E-state index in [0.29, 0.717) is 0 Å². The second kappa shape index (κ2) is 4.74. The Kier molecular flexibility index (Phi) is 3.27. The van der Waals surface area contributed by atoms with E-state index in [1.165, 1.54) is 45.3 Å². The summed E-state index contributed by atoms with van der Waals surface area (Å²) < 4.78 is 0. The smallest absolute Gasteiger partial charge is 0.0117 e. The zero-order chi connectivity index (χ0) is 11.8. The molecule has 2 bridgehead atoms. The van der Waals surface area contributed by atoms with Crippen molar-refractivity contribution in [2.45, 2.75) is 31.7 Å². The third-order valence-corrected chi connectivity index (χ3v) is 5.25. The third kappa shape index (κ3) is 2.43. The maximum absolute atomic E-state index is 2.66. The minimum Gasteiger partial charge on any atom is -0.306 e. The Morgan fingerprint density at radius 1 is 1.18 bits per heavy atom. The first-order valence-corrected chi connectivity index (χ1v) is 7.29. The molecule has 0 aromatic carbocycles. The van der Waals surface area contributed by atoms with Gasteiger partial charge in [-0.25, -0.2) is 0 Å². The molecule has 2 heteroatoms. The van der Waals surface area contributed by atoms with Crippen molar-refractivity contribution in [1.29, 1.82) is 0 Å². The zero-order valence-electron chi connectivity index (χ0n) is 11.3. The Hall–Kier alpha value is -0.340. The number of nitrogens with zero attached hydrogens (tertiary/aromatic N) is 2. The molecule has 0 spiro atoms. The van der Waals surface area contributed by atoms with E-state index in [2.05, 4.69) is 36.0 Å². The number of fused-ring (bicyclic) bond motifs is 2. The molecule has 0 aromatic rings. The van der Waals surface area contributed by atoms with Gasteiger partial charge in [-0.2, -0.15) is 0 Å². The van der Waals surface area contributed by atoms with E-state index in [1.54, 1.807) is 0 Å². The van der Waals surface area contributed by atoms with Crippen LogP contribution in [0.15, 0.2) is 12.2 Å². The average Bonchev–Trinajstić information content (AvgIpc) is 2.91. The van der Waals surface area contributed by atoms with Gasteiger partial charge in [0.25, 0.3) is 0 Å². The molecule has 0 unspecified atom stereocenters. The summed E-state index contributed by atoms with van der Waals surface area (Å²) in [5.41, 5.74) is 0. The predicted molar refractivity (Wildman–Crippen MR) is 72.0 cm³/mol. The minimum atomic E-state index is 0.842. The summed E-state index contributed by atoms with van der Waals surface area (Å²) in [7, 11) is 4.60. The molecular weight excluding hydrogens is 208 g/mol. The molecule has 1 heterocycles. The number of allylic oxidation sites excluding steroid dienone is 2. The third-order valence-electron chi connectivity index (χ3n) is 5.25. The van der Waals surface area contributed by atoms with Crippen LogP contribution < -0.4 is 0 Å². The van der Waals surface area contributed by atoms with E-state index in [9.17, 15) is 0 Å². The SMILES string of the molecule is CN1CCC(N(C)C[C@@H]2C[C@@H]3C=C[C@@H]2C3)CC1. The first-order chi connectivity index (χ1) is 8.22. The Morgan fingerprint density at radius 3 is 2.53 bits per heavy atom. The molecule has 1 saturated heterocycles. The highest BCUT2D eigenvalue weighted by molar-refractivity contribution is 5.10. The van der Waals surface area contributed by atoms with E-state index in [4.69, 9.17) is 0 Å². The predicted octanol–water partition coefficient (Wildman–Crippen LogP) is 2.22. The van der Waals surface area contributed by atoms with Crippen LogP contribution in [0.1, 0.15) is 25.7 Å². The molecule has 1 aliphatic heterocycles. The monoisotopic (exact) mass is 234 g/mol. The Morgan fingerprint density at radius 2 is 1.94 bits per heavy atom. The first kappa shape index (κ1) is 11.7. The molecule has 2 fully saturated rings. The lowest BCUT2D eigenvalue weighted by atomic mass is 9.92. The molecule has 3 atom stereocenters. The van der Waals surface area contributed by atoms with Crippen molar-refractivity contribution < 1.29 is 0 Å². The number of hydrogen-bond donors (Lipinski definition) is 0. The van der Waals surface area contributed by atoms with E-state index in [0.717, 1.165) is 23.8 Å². The summed E-state index contributed by atoms with van der Waals surface area (Å²) in [6.07, 6.45) is 10.6. The second-order valence-corrected chi connectivity index (χ2v) is 6.51. The van der Waals surface area contributed by atoms with Crippen molar-refractivity contribution in [2.24, 2.45) is 17.8 Å². The standard InChI is InChI=1S/C15H26N2/c1-16-7-5-15(6-8-16)17(2)11-14-10-12-3-4-13(14)9-12/h3-4,12-15H,5-11H2,1-2H3/t12-,13-,14+/m1/s1. The lowest BCUT2D eigenvalue weighted by Gasteiger charge is -2.37. The van der Waals surface area contributed by atoms with Crippen molar-refractivity contribution in [3.63, 3.8) is 0 Å². The van der Waals surface area contributed by atoms with Gasteiger partial charge >= 0.3 is 0 Å². The Balaban J connectivity index is 1.50. The summed E-state index contributed by atoms with van der Waals surface area (Å²) in [5, 5.41) is 0. The second-order valence-electron chi connectivity index (χ2n) is 6.51. The lowest BCUT2D eigenvalue weighted by Crippen LogP contribution is -2.43. The van der Waals surface area contributed by atoms with Gasteiger partial charge < -0.3 is 9.80 Å². The van der Waals surface area contributed by atoms with Crippen LogP contribution in [0.25, 0.3) is 0 Å². The molecule has 0 N–H and O–H groups in total. The van der Waals surface area contributed by atoms with E-state index >= 15 is 0 Å². The van der Waals surface area contributed by atoms with Crippen molar-refractivity contribution in [3.8, 4) is 0 Å². The molecule has 0 amide bonds. The van der Waals surface area contributed by atoms with Crippen LogP contribution in [0.4, 0.5) is 0 Å². The Labute approximate surface area is 106 Å². The van der Waals surface area contributed by atoms with Gasteiger partial charge in [-0.3, -0.25) is 0 Å². The van der Waals surface area contributed by atoms with Crippen LogP contribution in [0.2, 0.25) is 0 Å². The van der Waals surface area contributed by atoms with Gasteiger partial charge in [-0.1, -0.05) is 12.2 Å². The number of rotatable bonds is 3. The maximum Gasteiger partial charge on any atom is 0.0117 e. The van der Waals surface area contributed by atoms with Crippen LogP contribution in [-0.4, -0.2) is 49.6 Å². The van der Waals surface area contributed by atoms with E-state index in [1.807, 2.05) is 0 Å². The maximum atomic E-state index is 2.66. The van der Waals surface area contributed by atoms with Gasteiger partial charge in [0.05, 0.1) is 0 Å². The van der Waals surface area contributed by atoms with Crippen LogP contribution in [0.3, 0.4) is 0 Å². The fraction of sp³-hybridized carbons (Fsp3) is 0.867. The van der Waals surface area contributed by atoms with Gasteiger partial charge in [0, 0.05) is 12.6 Å². The van der Waals surface area contributed by atoms with Gasteiger partial charge in [0.15, 0.2) is 0 Å². The summed E-state index contributed by atoms with van der Waals surface area (Å²) in [4.78, 5) is 5.12. The zero-order valence-corrected chi connectivity index (χ0v) is 11.3. The van der Waals surface area contributed by atoms with Gasteiger partial charge in [0.1, 0.15) is 0 Å². The van der Waals surface area contributed by atoms with Crippen LogP contribution >= 0.6 is 0 Å². The Bertz CT molecular complexity index is 291. The molecular formula is C15H26N2. The normalized spacial score (nSPS) is 38.4. The van der Waals surface area contributed by atoms with Crippen LogP contribution in [0.5, 0.6) is 0 Å². The number of likely N-dealkylation sites (tertiary alicyclic amines) is 1. The number of piperidine rings is 1. The molecule has 3 rings (SSSR count). The summed E-state index contributed by atoms with van der Waals surface area (Å²) in [5.74, 6) is 2.79. The van der Waals surface area contributed by atoms with Crippen LogP contribution in [-0.2, 0) is 0 Å². The van der Waals surface area contributed by atoms with Gasteiger partial charge in [0.2, 0.25) is 0 Å². The number of hydrogen-bond acceptors (Lipinski definition) is 2. The molecule has 2 nitrogen and oxygen atoms in total. The molecule has 96 valence electrons. The fourth-order valence-electron chi connectivity index (χ4n) is 4.06. The molecule has 0 aromatic heterocycles. The van der Waals surface area contributed by atoms with Crippen molar-refractivity contribution in [3.05, 3.63) is 12.2 Å². The minimum absolute atomic E-state index is 0.842. The average molecular weight is 234 g/mol. The fourth-order valence-corrected chi connectivity index (χ4v) is 4.06. The largest absolute Gasteiger partial charge is 0.306 e. The van der Waals surface area contributed by atoms with E-state index in [-0.39, 0.29) is 0 Å². The van der Waals surface area contributed by atoms with Gasteiger partial charge in [-0.15, -0.1) is 0 Å². The topological polar surface area (TPSA) is 6.48 Å².